The smallest absolute Gasteiger partial charge is 0.152 e. The van der Waals surface area contributed by atoms with Gasteiger partial charge in [0.05, 0.1) is 0 Å². The number of benzene rings is 1. The average molecular weight is 222 g/mol. The fourth-order valence-corrected chi connectivity index (χ4v) is 2.00. The highest BCUT2D eigenvalue weighted by molar-refractivity contribution is 5.19. The van der Waals surface area contributed by atoms with Crippen LogP contribution in [0.15, 0.2) is 30.3 Å². The van der Waals surface area contributed by atoms with Gasteiger partial charge in [0, 0.05) is 6.42 Å². The third kappa shape index (κ3) is 4.33. The molecule has 0 aliphatic heterocycles. The Balaban J connectivity index is 2.71. The Morgan fingerprint density at radius 1 is 1.06 bits per heavy atom. The molecule has 0 amide bonds. The molecular formula is C14H22O2. The minimum absolute atomic E-state index is 0.246. The van der Waals surface area contributed by atoms with E-state index in [0.29, 0.717) is 12.3 Å². The number of aliphatic hydroxyl groups excluding tert-OH is 1. The molecule has 0 aliphatic carbocycles. The SMILES string of the molecule is CCC(C)CC(CC(O)O)c1ccccc1. The van der Waals surface area contributed by atoms with Gasteiger partial charge in [0.15, 0.2) is 6.29 Å². The van der Waals surface area contributed by atoms with Gasteiger partial charge in [-0.3, -0.25) is 0 Å². The van der Waals surface area contributed by atoms with E-state index in [2.05, 4.69) is 26.0 Å². The number of rotatable bonds is 6. The van der Waals surface area contributed by atoms with Gasteiger partial charge in [-0.25, -0.2) is 0 Å². The normalized spacial score (nSPS) is 15.1. The molecule has 90 valence electrons. The summed E-state index contributed by atoms with van der Waals surface area (Å²) >= 11 is 0. The van der Waals surface area contributed by atoms with Gasteiger partial charge in [-0.15, -0.1) is 0 Å². The Morgan fingerprint density at radius 2 is 1.69 bits per heavy atom. The second-order valence-corrected chi connectivity index (χ2v) is 4.57. The summed E-state index contributed by atoms with van der Waals surface area (Å²) in [5.41, 5.74) is 1.20. The lowest BCUT2D eigenvalue weighted by Gasteiger charge is -2.21. The number of hydrogen-bond donors (Lipinski definition) is 2. The maximum atomic E-state index is 9.13. The van der Waals surface area contributed by atoms with E-state index >= 15 is 0 Å². The van der Waals surface area contributed by atoms with E-state index in [1.165, 1.54) is 5.56 Å². The molecule has 1 aromatic carbocycles. The van der Waals surface area contributed by atoms with Crippen LogP contribution in [0, 0.1) is 5.92 Å². The summed E-state index contributed by atoms with van der Waals surface area (Å²) in [6.45, 7) is 4.38. The molecule has 16 heavy (non-hydrogen) atoms. The first kappa shape index (κ1) is 13.2. The van der Waals surface area contributed by atoms with Gasteiger partial charge in [0.2, 0.25) is 0 Å². The van der Waals surface area contributed by atoms with Crippen LogP contribution in [-0.4, -0.2) is 16.5 Å². The first-order chi connectivity index (χ1) is 7.63. The molecule has 0 spiro atoms. The van der Waals surface area contributed by atoms with Crippen molar-refractivity contribution in [2.45, 2.75) is 45.3 Å². The maximum Gasteiger partial charge on any atom is 0.152 e. The molecule has 0 saturated heterocycles. The largest absolute Gasteiger partial charge is 0.368 e. The van der Waals surface area contributed by atoms with Crippen LogP contribution in [0.5, 0.6) is 0 Å². The molecule has 0 aliphatic rings. The minimum atomic E-state index is -1.21. The standard InChI is InChI=1S/C14H22O2/c1-3-11(2)9-13(10-14(15)16)12-7-5-4-6-8-12/h4-8,11,13-16H,3,9-10H2,1-2H3. The predicted molar refractivity (Wildman–Crippen MR) is 66.1 cm³/mol. The zero-order valence-electron chi connectivity index (χ0n) is 10.1. The van der Waals surface area contributed by atoms with Crippen molar-refractivity contribution < 1.29 is 10.2 Å². The van der Waals surface area contributed by atoms with Gasteiger partial charge < -0.3 is 10.2 Å². The zero-order valence-corrected chi connectivity index (χ0v) is 10.1. The van der Waals surface area contributed by atoms with Gasteiger partial charge in [-0.2, -0.15) is 0 Å². The van der Waals surface area contributed by atoms with E-state index in [0.717, 1.165) is 12.8 Å². The van der Waals surface area contributed by atoms with Gasteiger partial charge in [0.25, 0.3) is 0 Å². The van der Waals surface area contributed by atoms with Gasteiger partial charge in [0.1, 0.15) is 0 Å². The molecule has 2 heteroatoms. The van der Waals surface area contributed by atoms with E-state index in [1.807, 2.05) is 18.2 Å². The Kier molecular flexibility index (Phi) is 5.50. The molecule has 0 fully saturated rings. The number of aliphatic hydroxyl groups is 2. The van der Waals surface area contributed by atoms with E-state index in [1.54, 1.807) is 0 Å². The van der Waals surface area contributed by atoms with E-state index in [9.17, 15) is 0 Å². The zero-order chi connectivity index (χ0) is 12.0. The molecule has 0 radical (unpaired) electrons. The molecular weight excluding hydrogens is 200 g/mol. The van der Waals surface area contributed by atoms with Crippen molar-refractivity contribution in [2.24, 2.45) is 5.92 Å². The second-order valence-electron chi connectivity index (χ2n) is 4.57. The van der Waals surface area contributed by atoms with Crippen molar-refractivity contribution in [3.8, 4) is 0 Å². The van der Waals surface area contributed by atoms with Crippen LogP contribution < -0.4 is 0 Å². The molecule has 2 atom stereocenters. The summed E-state index contributed by atoms with van der Waals surface area (Å²) in [4.78, 5) is 0. The summed E-state index contributed by atoms with van der Waals surface area (Å²) < 4.78 is 0. The minimum Gasteiger partial charge on any atom is -0.368 e. The molecule has 2 nitrogen and oxygen atoms in total. The molecule has 2 unspecified atom stereocenters. The van der Waals surface area contributed by atoms with Crippen molar-refractivity contribution >= 4 is 0 Å². The molecule has 0 saturated carbocycles. The van der Waals surface area contributed by atoms with Crippen LogP contribution in [0.1, 0.15) is 44.6 Å². The fourth-order valence-electron chi connectivity index (χ4n) is 2.00. The molecule has 0 heterocycles. The van der Waals surface area contributed by atoms with E-state index in [-0.39, 0.29) is 5.92 Å². The van der Waals surface area contributed by atoms with Gasteiger partial charge in [-0.1, -0.05) is 50.6 Å². The molecule has 1 aromatic rings. The highest BCUT2D eigenvalue weighted by atomic mass is 16.5. The van der Waals surface area contributed by atoms with Crippen molar-refractivity contribution in [1.29, 1.82) is 0 Å². The van der Waals surface area contributed by atoms with E-state index in [4.69, 9.17) is 10.2 Å². The van der Waals surface area contributed by atoms with Crippen LogP contribution in [0.3, 0.4) is 0 Å². The Hall–Kier alpha value is -0.860. The lowest BCUT2D eigenvalue weighted by molar-refractivity contribution is -0.0510. The third-order valence-electron chi connectivity index (χ3n) is 3.15. The van der Waals surface area contributed by atoms with E-state index < -0.39 is 6.29 Å². The summed E-state index contributed by atoms with van der Waals surface area (Å²) in [6, 6.07) is 10.1. The molecule has 0 aromatic heterocycles. The first-order valence-electron chi connectivity index (χ1n) is 6.04. The van der Waals surface area contributed by atoms with Crippen molar-refractivity contribution in [1.82, 2.24) is 0 Å². The monoisotopic (exact) mass is 222 g/mol. The Bertz CT molecular complexity index is 282. The molecule has 2 N–H and O–H groups in total. The Morgan fingerprint density at radius 3 is 2.19 bits per heavy atom. The lowest BCUT2D eigenvalue weighted by Crippen LogP contribution is -2.13. The summed E-state index contributed by atoms with van der Waals surface area (Å²) in [5, 5.41) is 18.3. The van der Waals surface area contributed by atoms with Gasteiger partial charge in [-0.05, 0) is 23.8 Å². The highest BCUT2D eigenvalue weighted by Crippen LogP contribution is 2.29. The van der Waals surface area contributed by atoms with Crippen LogP contribution in [0.25, 0.3) is 0 Å². The van der Waals surface area contributed by atoms with Crippen LogP contribution in [-0.2, 0) is 0 Å². The summed E-state index contributed by atoms with van der Waals surface area (Å²) in [5.74, 6) is 0.861. The topological polar surface area (TPSA) is 40.5 Å². The van der Waals surface area contributed by atoms with Crippen molar-refractivity contribution in [3.05, 3.63) is 35.9 Å². The summed E-state index contributed by atoms with van der Waals surface area (Å²) in [6.07, 6.45) is 1.35. The fraction of sp³-hybridized carbons (Fsp3) is 0.571. The van der Waals surface area contributed by atoms with Crippen molar-refractivity contribution in [2.75, 3.05) is 0 Å². The van der Waals surface area contributed by atoms with Crippen LogP contribution in [0.2, 0.25) is 0 Å². The van der Waals surface area contributed by atoms with Gasteiger partial charge >= 0.3 is 0 Å². The first-order valence-corrected chi connectivity index (χ1v) is 6.04. The highest BCUT2D eigenvalue weighted by Gasteiger charge is 2.17. The second kappa shape index (κ2) is 6.66. The van der Waals surface area contributed by atoms with Crippen molar-refractivity contribution in [3.63, 3.8) is 0 Å². The number of hydrogen-bond acceptors (Lipinski definition) is 2. The third-order valence-corrected chi connectivity index (χ3v) is 3.15. The van der Waals surface area contributed by atoms with Crippen LogP contribution >= 0.6 is 0 Å². The molecule has 1 rings (SSSR count). The maximum absolute atomic E-state index is 9.13. The average Bonchev–Trinajstić information content (AvgIpc) is 2.28. The lowest BCUT2D eigenvalue weighted by atomic mass is 9.86. The Labute approximate surface area is 97.9 Å². The quantitative estimate of drug-likeness (QED) is 0.727. The summed E-state index contributed by atoms with van der Waals surface area (Å²) in [7, 11) is 0. The molecule has 0 bridgehead atoms. The predicted octanol–water partition coefficient (Wildman–Crippen LogP) is 2.91. The van der Waals surface area contributed by atoms with Crippen LogP contribution in [0.4, 0.5) is 0 Å².